The van der Waals surface area contributed by atoms with Gasteiger partial charge < -0.3 is 9.64 Å². The Kier molecular flexibility index (Phi) is 6.11. The molecule has 0 aromatic heterocycles. The summed E-state index contributed by atoms with van der Waals surface area (Å²) < 4.78 is 5.61. The number of non-ortho nitro benzene ring substituents is 1. The minimum Gasteiger partial charge on any atom is -0.493 e. The van der Waals surface area contributed by atoms with E-state index in [1.54, 1.807) is 24.1 Å². The van der Waals surface area contributed by atoms with Crippen LogP contribution >= 0.6 is 0 Å². The van der Waals surface area contributed by atoms with Gasteiger partial charge in [0.05, 0.1) is 24.0 Å². The van der Waals surface area contributed by atoms with Gasteiger partial charge in [0.1, 0.15) is 5.75 Å². The lowest BCUT2D eigenvalue weighted by Gasteiger charge is -2.25. The summed E-state index contributed by atoms with van der Waals surface area (Å²) in [6.45, 7) is 4.11. The van der Waals surface area contributed by atoms with Crippen LogP contribution in [-0.2, 0) is 4.79 Å². The van der Waals surface area contributed by atoms with Crippen LogP contribution in [0.2, 0.25) is 0 Å². The molecule has 0 heterocycles. The maximum atomic E-state index is 12.3. The molecular formula is C19H22N2O4. The van der Waals surface area contributed by atoms with Crippen LogP contribution in [0.25, 0.3) is 0 Å². The number of ether oxygens (including phenoxy) is 1. The van der Waals surface area contributed by atoms with E-state index in [1.165, 1.54) is 12.1 Å². The van der Waals surface area contributed by atoms with Crippen LogP contribution in [0.3, 0.4) is 0 Å². The lowest BCUT2D eigenvalue weighted by atomic mass is 10.1. The van der Waals surface area contributed by atoms with Crippen molar-refractivity contribution in [1.29, 1.82) is 0 Å². The quantitative estimate of drug-likeness (QED) is 0.565. The average molecular weight is 342 g/mol. The molecule has 0 aliphatic heterocycles. The Morgan fingerprint density at radius 3 is 2.64 bits per heavy atom. The molecule has 0 bridgehead atoms. The third-order valence-corrected chi connectivity index (χ3v) is 4.11. The molecule has 0 radical (unpaired) electrons. The lowest BCUT2D eigenvalue weighted by molar-refractivity contribution is -0.384. The predicted octanol–water partition coefficient (Wildman–Crippen LogP) is 3.89. The SMILES string of the molecule is Cc1cccc(OCCC(=O)N(C)[C@@H](C)c2cccc([N+](=O)[O-])c2)c1. The molecule has 6 heteroatoms. The van der Waals surface area contributed by atoms with Gasteiger partial charge in [0.25, 0.3) is 5.69 Å². The number of nitro benzene ring substituents is 1. The number of nitrogens with zero attached hydrogens (tertiary/aromatic N) is 2. The van der Waals surface area contributed by atoms with Gasteiger partial charge in [0, 0.05) is 19.2 Å². The molecule has 6 nitrogen and oxygen atoms in total. The second kappa shape index (κ2) is 8.28. The van der Waals surface area contributed by atoms with E-state index >= 15 is 0 Å². The smallest absolute Gasteiger partial charge is 0.269 e. The second-order valence-electron chi connectivity index (χ2n) is 5.95. The topological polar surface area (TPSA) is 72.7 Å². The zero-order chi connectivity index (χ0) is 18.4. The highest BCUT2D eigenvalue weighted by molar-refractivity contribution is 5.76. The molecule has 1 atom stereocenters. The molecule has 1 amide bonds. The molecule has 0 fully saturated rings. The first kappa shape index (κ1) is 18.4. The van der Waals surface area contributed by atoms with Crippen molar-refractivity contribution in [1.82, 2.24) is 4.90 Å². The Hall–Kier alpha value is -2.89. The van der Waals surface area contributed by atoms with Crippen molar-refractivity contribution in [3.63, 3.8) is 0 Å². The molecule has 0 saturated carbocycles. The molecule has 0 aliphatic carbocycles. The predicted molar refractivity (Wildman–Crippen MR) is 95.6 cm³/mol. The summed E-state index contributed by atoms with van der Waals surface area (Å²) in [5.41, 5.74) is 1.85. The first-order chi connectivity index (χ1) is 11.9. The third-order valence-electron chi connectivity index (χ3n) is 4.11. The van der Waals surface area contributed by atoms with E-state index < -0.39 is 4.92 Å². The fourth-order valence-corrected chi connectivity index (χ4v) is 2.48. The molecule has 132 valence electrons. The standard InChI is InChI=1S/C19H22N2O4/c1-14-6-4-9-18(12-14)25-11-10-19(22)20(3)15(2)16-7-5-8-17(13-16)21(23)24/h4-9,12-13,15H,10-11H2,1-3H3/t15-/m0/s1. The number of hydrogen-bond acceptors (Lipinski definition) is 4. The zero-order valence-electron chi connectivity index (χ0n) is 14.6. The molecule has 0 spiro atoms. The van der Waals surface area contributed by atoms with Crippen LogP contribution in [-0.4, -0.2) is 29.4 Å². The lowest BCUT2D eigenvalue weighted by Crippen LogP contribution is -2.30. The van der Waals surface area contributed by atoms with E-state index in [0.717, 1.165) is 16.9 Å². The van der Waals surface area contributed by atoms with Gasteiger partial charge in [-0.3, -0.25) is 14.9 Å². The maximum absolute atomic E-state index is 12.3. The van der Waals surface area contributed by atoms with Crippen LogP contribution in [0.4, 0.5) is 5.69 Å². The summed E-state index contributed by atoms with van der Waals surface area (Å²) in [6, 6.07) is 13.7. The summed E-state index contributed by atoms with van der Waals surface area (Å²) in [5.74, 6) is 0.661. The molecule has 0 unspecified atom stereocenters. The van der Waals surface area contributed by atoms with Crippen LogP contribution < -0.4 is 4.74 Å². The first-order valence-electron chi connectivity index (χ1n) is 8.08. The maximum Gasteiger partial charge on any atom is 0.269 e. The number of carbonyl (C=O) groups excluding carboxylic acids is 1. The van der Waals surface area contributed by atoms with E-state index in [9.17, 15) is 14.9 Å². The molecule has 2 aromatic rings. The highest BCUT2D eigenvalue weighted by Crippen LogP contribution is 2.23. The molecular weight excluding hydrogens is 320 g/mol. The number of carbonyl (C=O) groups is 1. The molecule has 0 aliphatic rings. The van der Waals surface area contributed by atoms with Crippen molar-refractivity contribution in [2.75, 3.05) is 13.7 Å². The number of hydrogen-bond donors (Lipinski definition) is 0. The third kappa shape index (κ3) is 5.04. The van der Waals surface area contributed by atoms with Crippen LogP contribution in [0.5, 0.6) is 5.75 Å². The Labute approximate surface area is 147 Å². The van der Waals surface area contributed by atoms with Crippen molar-refractivity contribution in [2.24, 2.45) is 0 Å². The van der Waals surface area contributed by atoms with Crippen molar-refractivity contribution >= 4 is 11.6 Å². The van der Waals surface area contributed by atoms with E-state index in [-0.39, 0.29) is 30.7 Å². The van der Waals surface area contributed by atoms with E-state index in [2.05, 4.69) is 0 Å². The second-order valence-corrected chi connectivity index (χ2v) is 5.95. The highest BCUT2D eigenvalue weighted by atomic mass is 16.6. The Bertz CT molecular complexity index is 761. The Morgan fingerprint density at radius 1 is 1.24 bits per heavy atom. The summed E-state index contributed by atoms with van der Waals surface area (Å²) in [7, 11) is 1.69. The minimum absolute atomic E-state index is 0.0213. The van der Waals surface area contributed by atoms with E-state index in [4.69, 9.17) is 4.74 Å². The van der Waals surface area contributed by atoms with Crippen molar-refractivity contribution in [2.45, 2.75) is 26.3 Å². The molecule has 0 saturated heterocycles. The van der Waals surface area contributed by atoms with Crippen molar-refractivity contribution in [3.8, 4) is 5.75 Å². The van der Waals surface area contributed by atoms with Gasteiger partial charge in [0.15, 0.2) is 0 Å². The van der Waals surface area contributed by atoms with Gasteiger partial charge in [-0.25, -0.2) is 0 Å². The summed E-state index contributed by atoms with van der Waals surface area (Å²) in [6.07, 6.45) is 0.240. The molecule has 0 N–H and O–H groups in total. The number of aryl methyl sites for hydroxylation is 1. The summed E-state index contributed by atoms with van der Waals surface area (Å²) in [5, 5.41) is 10.9. The van der Waals surface area contributed by atoms with Crippen molar-refractivity contribution < 1.29 is 14.5 Å². The van der Waals surface area contributed by atoms with E-state index in [0.29, 0.717) is 0 Å². The minimum atomic E-state index is -0.437. The normalized spacial score (nSPS) is 11.6. The van der Waals surface area contributed by atoms with Gasteiger partial charge in [-0.2, -0.15) is 0 Å². The van der Waals surface area contributed by atoms with Gasteiger partial charge in [-0.1, -0.05) is 24.3 Å². The molecule has 25 heavy (non-hydrogen) atoms. The molecule has 2 rings (SSSR count). The van der Waals surface area contributed by atoms with Crippen LogP contribution in [0.15, 0.2) is 48.5 Å². The summed E-state index contributed by atoms with van der Waals surface area (Å²) in [4.78, 5) is 24.4. The zero-order valence-corrected chi connectivity index (χ0v) is 14.6. The van der Waals surface area contributed by atoms with Crippen molar-refractivity contribution in [3.05, 3.63) is 69.8 Å². The summed E-state index contributed by atoms with van der Waals surface area (Å²) >= 11 is 0. The Balaban J connectivity index is 1.92. The van der Waals surface area contributed by atoms with Gasteiger partial charge in [0.2, 0.25) is 5.91 Å². The van der Waals surface area contributed by atoms with E-state index in [1.807, 2.05) is 38.1 Å². The average Bonchev–Trinajstić information content (AvgIpc) is 2.60. The largest absolute Gasteiger partial charge is 0.493 e. The highest BCUT2D eigenvalue weighted by Gasteiger charge is 2.19. The first-order valence-corrected chi connectivity index (χ1v) is 8.08. The fraction of sp³-hybridized carbons (Fsp3) is 0.316. The fourth-order valence-electron chi connectivity index (χ4n) is 2.48. The van der Waals surface area contributed by atoms with Crippen LogP contribution in [0, 0.1) is 17.0 Å². The van der Waals surface area contributed by atoms with Crippen LogP contribution in [0.1, 0.15) is 30.5 Å². The van der Waals surface area contributed by atoms with Gasteiger partial charge >= 0.3 is 0 Å². The molecule has 2 aromatic carbocycles. The number of nitro groups is 1. The Morgan fingerprint density at radius 2 is 1.96 bits per heavy atom. The van der Waals surface area contributed by atoms with Gasteiger partial charge in [-0.05, 0) is 37.1 Å². The number of rotatable bonds is 7. The monoisotopic (exact) mass is 342 g/mol. The number of benzene rings is 2. The van der Waals surface area contributed by atoms with Gasteiger partial charge in [-0.15, -0.1) is 0 Å². The number of amides is 1.